The number of rotatable bonds is 3. The number of benzene rings is 1. The van der Waals surface area contributed by atoms with Crippen LogP contribution < -0.4 is 5.73 Å². The van der Waals surface area contributed by atoms with Gasteiger partial charge in [-0.2, -0.15) is 0 Å². The molecule has 2 rings (SSSR count). The van der Waals surface area contributed by atoms with Crippen LogP contribution in [0.15, 0.2) is 42.1 Å². The lowest BCUT2D eigenvalue weighted by molar-refractivity contribution is 1.12. The molecule has 0 fully saturated rings. The van der Waals surface area contributed by atoms with Crippen molar-refractivity contribution in [3.05, 3.63) is 69.6 Å². The number of pyridine rings is 1. The van der Waals surface area contributed by atoms with Gasteiger partial charge < -0.3 is 5.73 Å². The standard InChI is InChI=1S/C17H18ClN3/c1-10-8-14(9-11(2)21-10)17(20)16(12(3)19)13-4-6-15(18)7-5-13/h4-9,20H,19H2,1-3H3/b16-12-,20-17?. The fraction of sp³-hybridized carbons (Fsp3) is 0.176. The van der Waals surface area contributed by atoms with Gasteiger partial charge in [0.2, 0.25) is 0 Å². The largest absolute Gasteiger partial charge is 0.402 e. The van der Waals surface area contributed by atoms with E-state index in [0.29, 0.717) is 16.4 Å². The SMILES string of the molecule is C/C(N)=C(/C(=N)c1cc(C)nc(C)c1)c1ccc(Cl)cc1. The van der Waals surface area contributed by atoms with Gasteiger partial charge in [0, 0.05) is 33.2 Å². The molecule has 2 aromatic rings. The lowest BCUT2D eigenvalue weighted by atomic mass is 9.94. The van der Waals surface area contributed by atoms with Crippen LogP contribution in [0.25, 0.3) is 5.57 Å². The summed E-state index contributed by atoms with van der Waals surface area (Å²) in [5.41, 5.74) is 11.2. The Labute approximate surface area is 130 Å². The smallest absolute Gasteiger partial charge is 0.0709 e. The number of allylic oxidation sites excluding steroid dienone is 2. The van der Waals surface area contributed by atoms with Gasteiger partial charge in [-0.15, -0.1) is 0 Å². The van der Waals surface area contributed by atoms with Gasteiger partial charge >= 0.3 is 0 Å². The predicted octanol–water partition coefficient (Wildman–Crippen LogP) is 4.11. The van der Waals surface area contributed by atoms with E-state index in [2.05, 4.69) is 4.98 Å². The molecule has 0 unspecified atom stereocenters. The second-order valence-corrected chi connectivity index (χ2v) is 5.51. The Morgan fingerprint density at radius 2 is 1.57 bits per heavy atom. The lowest BCUT2D eigenvalue weighted by Crippen LogP contribution is -2.10. The van der Waals surface area contributed by atoms with Crippen molar-refractivity contribution in [2.45, 2.75) is 20.8 Å². The highest BCUT2D eigenvalue weighted by Crippen LogP contribution is 2.24. The number of hydrogen-bond donors (Lipinski definition) is 2. The molecule has 0 spiro atoms. The molecule has 0 aliphatic heterocycles. The molecule has 1 aromatic heterocycles. The molecule has 0 atom stereocenters. The molecule has 1 aromatic carbocycles. The number of nitrogens with zero attached hydrogens (tertiary/aromatic N) is 1. The second-order valence-electron chi connectivity index (χ2n) is 5.08. The summed E-state index contributed by atoms with van der Waals surface area (Å²) in [7, 11) is 0. The molecular weight excluding hydrogens is 282 g/mol. The van der Waals surface area contributed by atoms with Crippen LogP contribution in [0.4, 0.5) is 0 Å². The summed E-state index contributed by atoms with van der Waals surface area (Å²) in [6.07, 6.45) is 0. The fourth-order valence-corrected chi connectivity index (χ4v) is 2.43. The van der Waals surface area contributed by atoms with E-state index in [-0.39, 0.29) is 0 Å². The minimum Gasteiger partial charge on any atom is -0.402 e. The Kier molecular flexibility index (Phi) is 4.43. The average molecular weight is 300 g/mol. The monoisotopic (exact) mass is 299 g/mol. The normalized spacial score (nSPS) is 12.0. The van der Waals surface area contributed by atoms with Crippen molar-refractivity contribution in [3.8, 4) is 0 Å². The first-order valence-electron chi connectivity index (χ1n) is 6.65. The van der Waals surface area contributed by atoms with Crippen LogP contribution in [0.3, 0.4) is 0 Å². The fourth-order valence-electron chi connectivity index (χ4n) is 2.31. The number of halogens is 1. The zero-order valence-electron chi connectivity index (χ0n) is 12.4. The van der Waals surface area contributed by atoms with Gasteiger partial charge in [0.1, 0.15) is 0 Å². The van der Waals surface area contributed by atoms with Crippen LogP contribution >= 0.6 is 11.6 Å². The Bertz CT molecular complexity index is 691. The third-order valence-corrected chi connectivity index (χ3v) is 3.40. The molecule has 1 heterocycles. The van der Waals surface area contributed by atoms with Crippen molar-refractivity contribution in [2.75, 3.05) is 0 Å². The molecule has 108 valence electrons. The number of nitrogens with one attached hydrogen (secondary N) is 1. The molecular formula is C17H18ClN3. The van der Waals surface area contributed by atoms with E-state index in [1.165, 1.54) is 0 Å². The molecule has 0 bridgehead atoms. The molecule has 3 nitrogen and oxygen atoms in total. The summed E-state index contributed by atoms with van der Waals surface area (Å²) in [6, 6.07) is 11.2. The van der Waals surface area contributed by atoms with Crippen molar-refractivity contribution in [2.24, 2.45) is 5.73 Å². The molecule has 4 heteroatoms. The zero-order valence-corrected chi connectivity index (χ0v) is 13.1. The topological polar surface area (TPSA) is 62.8 Å². The minimum absolute atomic E-state index is 0.394. The Balaban J connectivity index is 2.51. The average Bonchev–Trinajstić information content (AvgIpc) is 2.39. The van der Waals surface area contributed by atoms with E-state index in [1.54, 1.807) is 19.1 Å². The molecule has 0 aliphatic rings. The van der Waals surface area contributed by atoms with Crippen molar-refractivity contribution < 1.29 is 0 Å². The van der Waals surface area contributed by atoms with Gasteiger partial charge in [-0.05, 0) is 50.6 Å². The van der Waals surface area contributed by atoms with E-state index in [0.717, 1.165) is 28.1 Å². The summed E-state index contributed by atoms with van der Waals surface area (Å²) >= 11 is 5.92. The highest BCUT2D eigenvalue weighted by Gasteiger charge is 2.14. The first kappa shape index (κ1) is 15.3. The summed E-state index contributed by atoms with van der Waals surface area (Å²) in [6.45, 7) is 5.65. The molecule has 0 aliphatic carbocycles. The van der Waals surface area contributed by atoms with Gasteiger partial charge in [0.15, 0.2) is 0 Å². The van der Waals surface area contributed by atoms with Crippen LogP contribution in [0.1, 0.15) is 29.4 Å². The van der Waals surface area contributed by atoms with E-state index in [1.807, 2.05) is 38.1 Å². The lowest BCUT2D eigenvalue weighted by Gasteiger charge is -2.13. The molecule has 21 heavy (non-hydrogen) atoms. The minimum atomic E-state index is 0.394. The van der Waals surface area contributed by atoms with Crippen LogP contribution in [0.5, 0.6) is 0 Å². The molecule has 0 radical (unpaired) electrons. The molecule has 0 amide bonds. The Morgan fingerprint density at radius 1 is 1.05 bits per heavy atom. The number of aryl methyl sites for hydroxylation is 2. The third-order valence-electron chi connectivity index (χ3n) is 3.15. The summed E-state index contributed by atoms with van der Waals surface area (Å²) in [5, 5.41) is 9.17. The predicted molar refractivity (Wildman–Crippen MR) is 88.8 cm³/mol. The summed E-state index contributed by atoms with van der Waals surface area (Å²) in [4.78, 5) is 4.34. The van der Waals surface area contributed by atoms with Crippen LogP contribution in [-0.4, -0.2) is 10.7 Å². The maximum atomic E-state index is 8.50. The third kappa shape index (κ3) is 3.50. The first-order valence-corrected chi connectivity index (χ1v) is 7.03. The molecule has 0 saturated heterocycles. The maximum Gasteiger partial charge on any atom is 0.0709 e. The Morgan fingerprint density at radius 3 is 2.05 bits per heavy atom. The van der Waals surface area contributed by atoms with Crippen LogP contribution in [-0.2, 0) is 0 Å². The van der Waals surface area contributed by atoms with Gasteiger partial charge in [-0.1, -0.05) is 23.7 Å². The van der Waals surface area contributed by atoms with Crippen LogP contribution in [0, 0.1) is 19.3 Å². The second kappa shape index (κ2) is 6.10. The van der Waals surface area contributed by atoms with Gasteiger partial charge in [0.05, 0.1) is 5.71 Å². The van der Waals surface area contributed by atoms with Crippen molar-refractivity contribution in [1.82, 2.24) is 4.98 Å². The van der Waals surface area contributed by atoms with E-state index < -0.39 is 0 Å². The van der Waals surface area contributed by atoms with Gasteiger partial charge in [0.25, 0.3) is 0 Å². The number of hydrogen-bond acceptors (Lipinski definition) is 3. The highest BCUT2D eigenvalue weighted by molar-refractivity contribution is 6.32. The Hall–Kier alpha value is -2.13. The maximum absolute atomic E-state index is 8.50. The first-order chi connectivity index (χ1) is 9.88. The summed E-state index contributed by atoms with van der Waals surface area (Å²) < 4.78 is 0. The highest BCUT2D eigenvalue weighted by atomic mass is 35.5. The van der Waals surface area contributed by atoms with Crippen molar-refractivity contribution in [1.29, 1.82) is 5.41 Å². The number of aromatic nitrogens is 1. The van der Waals surface area contributed by atoms with Crippen molar-refractivity contribution in [3.63, 3.8) is 0 Å². The quantitative estimate of drug-likeness (QED) is 0.838. The summed E-state index contributed by atoms with van der Waals surface area (Å²) in [5.74, 6) is 0. The van der Waals surface area contributed by atoms with Gasteiger partial charge in [-0.3, -0.25) is 10.4 Å². The van der Waals surface area contributed by atoms with E-state index in [4.69, 9.17) is 22.7 Å². The van der Waals surface area contributed by atoms with E-state index >= 15 is 0 Å². The van der Waals surface area contributed by atoms with Gasteiger partial charge in [-0.25, -0.2) is 0 Å². The molecule has 3 N–H and O–H groups in total. The zero-order chi connectivity index (χ0) is 15.6. The number of nitrogens with two attached hydrogens (primary N) is 1. The molecule has 0 saturated carbocycles. The van der Waals surface area contributed by atoms with E-state index in [9.17, 15) is 0 Å². The van der Waals surface area contributed by atoms with Crippen molar-refractivity contribution >= 4 is 22.9 Å². The van der Waals surface area contributed by atoms with Crippen LogP contribution in [0.2, 0.25) is 5.02 Å².